The normalized spacial score (nSPS) is 15.6. The van der Waals surface area contributed by atoms with Crippen molar-refractivity contribution in [1.82, 2.24) is 19.4 Å². The lowest BCUT2D eigenvalue weighted by atomic mass is 10.1. The summed E-state index contributed by atoms with van der Waals surface area (Å²) in [5.41, 5.74) is -0.0773. The van der Waals surface area contributed by atoms with Gasteiger partial charge in [-0.05, 0) is 30.3 Å². The molecule has 4 rings (SSSR count). The number of halogens is 5. The minimum Gasteiger partial charge on any atom is -0.415 e. The summed E-state index contributed by atoms with van der Waals surface area (Å²) in [6.07, 6.45) is -1.90. The molecule has 1 saturated heterocycles. The highest BCUT2D eigenvalue weighted by Gasteiger charge is 2.28. The van der Waals surface area contributed by atoms with Crippen LogP contribution in [0.15, 0.2) is 40.8 Å². The molecule has 10 nitrogen and oxygen atoms in total. The van der Waals surface area contributed by atoms with Crippen molar-refractivity contribution < 1.29 is 38.8 Å². The van der Waals surface area contributed by atoms with Gasteiger partial charge in [-0.25, -0.2) is 25.6 Å². The Labute approximate surface area is 233 Å². The zero-order chi connectivity index (χ0) is 29.2. The van der Waals surface area contributed by atoms with Gasteiger partial charge in [-0.1, -0.05) is 17.7 Å². The van der Waals surface area contributed by atoms with Crippen molar-refractivity contribution in [3.63, 3.8) is 0 Å². The van der Waals surface area contributed by atoms with Crippen molar-refractivity contribution in [2.45, 2.75) is 13.0 Å². The summed E-state index contributed by atoms with van der Waals surface area (Å²) in [6.45, 7) is 0.647. The number of sulfonamides is 2. The average molecular weight is 626 g/mol. The van der Waals surface area contributed by atoms with Crippen molar-refractivity contribution in [3.8, 4) is 11.5 Å². The molecular formula is C23H24ClF4N5O5S2. The molecule has 1 fully saturated rings. The van der Waals surface area contributed by atoms with Crippen LogP contribution in [0.5, 0.6) is 0 Å². The number of rotatable bonds is 10. The van der Waals surface area contributed by atoms with Gasteiger partial charge in [0, 0.05) is 43.9 Å². The zero-order valence-corrected chi connectivity index (χ0v) is 23.4. The number of aromatic nitrogens is 2. The van der Waals surface area contributed by atoms with E-state index in [2.05, 4.69) is 10.2 Å². The highest BCUT2D eigenvalue weighted by molar-refractivity contribution is 7.92. The maximum absolute atomic E-state index is 15.1. The van der Waals surface area contributed by atoms with Crippen LogP contribution in [0, 0.1) is 11.6 Å². The van der Waals surface area contributed by atoms with E-state index >= 15 is 4.39 Å². The van der Waals surface area contributed by atoms with Crippen LogP contribution in [0.25, 0.3) is 11.5 Å². The van der Waals surface area contributed by atoms with E-state index in [1.54, 1.807) is 4.90 Å². The Morgan fingerprint density at radius 1 is 1.00 bits per heavy atom. The summed E-state index contributed by atoms with van der Waals surface area (Å²) in [4.78, 5) is 1.79. The van der Waals surface area contributed by atoms with Gasteiger partial charge in [0.25, 0.3) is 5.89 Å². The lowest BCUT2D eigenvalue weighted by molar-refractivity contribution is 0.116. The molecule has 1 aliphatic rings. The Bertz CT molecular complexity index is 1580. The predicted octanol–water partition coefficient (Wildman–Crippen LogP) is 3.52. The molecule has 0 bridgehead atoms. The third kappa shape index (κ3) is 7.09. The van der Waals surface area contributed by atoms with Crippen LogP contribution in [0.4, 0.5) is 23.2 Å². The molecular weight excluding hydrogens is 602 g/mol. The molecule has 0 unspecified atom stereocenters. The molecule has 1 aromatic heterocycles. The molecule has 2 heterocycles. The standard InChI is InChI=1S/C23H24ClF4N5O5S2/c1-39(34,35)32-8-6-31(7-9-32)10-11-40(36,37)33(17-4-5-19(25)18(24)13-17)14-16-3-2-15(12-20(16)26)22-29-30-23(38-22)21(27)28/h2-5,12-13,21H,6-11,14H2,1H3. The van der Waals surface area contributed by atoms with E-state index < -0.39 is 56.3 Å². The fraction of sp³-hybridized carbons (Fsp3) is 0.391. The number of piperazine rings is 1. The van der Waals surface area contributed by atoms with Gasteiger partial charge < -0.3 is 4.42 Å². The second-order valence-electron chi connectivity index (χ2n) is 8.98. The van der Waals surface area contributed by atoms with Crippen molar-refractivity contribution in [3.05, 3.63) is 64.5 Å². The summed E-state index contributed by atoms with van der Waals surface area (Å²) >= 11 is 5.90. The van der Waals surface area contributed by atoms with E-state index in [4.69, 9.17) is 16.0 Å². The van der Waals surface area contributed by atoms with Crippen LogP contribution in [0.2, 0.25) is 5.02 Å². The largest absolute Gasteiger partial charge is 0.415 e. The van der Waals surface area contributed by atoms with Gasteiger partial charge in [-0.15, -0.1) is 10.2 Å². The lowest BCUT2D eigenvalue weighted by Gasteiger charge is -2.33. The van der Waals surface area contributed by atoms with E-state index in [-0.39, 0.29) is 47.4 Å². The van der Waals surface area contributed by atoms with Crippen LogP contribution in [-0.4, -0.2) is 81.0 Å². The first kappa shape index (κ1) is 30.2. The summed E-state index contributed by atoms with van der Waals surface area (Å²) in [7, 11) is -7.50. The smallest absolute Gasteiger partial charge is 0.314 e. The molecule has 2 aromatic carbocycles. The molecule has 3 aromatic rings. The van der Waals surface area contributed by atoms with Crippen LogP contribution >= 0.6 is 11.6 Å². The Hall–Kier alpha value is -2.79. The molecule has 0 atom stereocenters. The SMILES string of the molecule is CS(=O)(=O)N1CCN(CCS(=O)(=O)N(Cc2ccc(-c3nnc(C(F)F)o3)cc2F)c2ccc(F)c(Cl)c2)CC1. The molecule has 40 heavy (non-hydrogen) atoms. The topological polar surface area (TPSA) is 117 Å². The summed E-state index contributed by atoms with van der Waals surface area (Å²) in [5, 5.41) is 6.33. The Morgan fingerprint density at radius 2 is 1.70 bits per heavy atom. The third-order valence-electron chi connectivity index (χ3n) is 6.23. The van der Waals surface area contributed by atoms with Gasteiger partial charge in [-0.2, -0.15) is 13.1 Å². The maximum atomic E-state index is 15.1. The predicted molar refractivity (Wildman–Crippen MR) is 139 cm³/mol. The van der Waals surface area contributed by atoms with Gasteiger partial charge in [-0.3, -0.25) is 9.21 Å². The van der Waals surface area contributed by atoms with E-state index in [0.717, 1.165) is 28.8 Å². The molecule has 218 valence electrons. The Kier molecular flexibility index (Phi) is 9.04. The number of nitrogens with zero attached hydrogens (tertiary/aromatic N) is 5. The fourth-order valence-electron chi connectivity index (χ4n) is 4.03. The minimum atomic E-state index is -4.14. The lowest BCUT2D eigenvalue weighted by Crippen LogP contribution is -2.49. The molecule has 0 radical (unpaired) electrons. The molecule has 0 amide bonds. The fourth-order valence-corrected chi connectivity index (χ4v) is 6.51. The zero-order valence-electron chi connectivity index (χ0n) is 21.0. The average Bonchev–Trinajstić information content (AvgIpc) is 3.39. The van der Waals surface area contributed by atoms with E-state index in [1.807, 2.05) is 0 Å². The van der Waals surface area contributed by atoms with Gasteiger partial charge in [0.1, 0.15) is 11.6 Å². The summed E-state index contributed by atoms with van der Waals surface area (Å²) in [6, 6.07) is 6.79. The highest BCUT2D eigenvalue weighted by Crippen LogP contribution is 2.29. The molecule has 0 spiro atoms. The second kappa shape index (κ2) is 12.0. The highest BCUT2D eigenvalue weighted by atomic mass is 35.5. The number of alkyl halides is 2. The quantitative estimate of drug-likeness (QED) is 0.314. The van der Waals surface area contributed by atoms with Gasteiger partial charge in [0.15, 0.2) is 0 Å². The Balaban J connectivity index is 1.56. The number of benzene rings is 2. The number of hydrogen-bond acceptors (Lipinski definition) is 8. The summed E-state index contributed by atoms with van der Waals surface area (Å²) < 4.78 is 112. The first-order valence-corrected chi connectivity index (χ1v) is 15.6. The van der Waals surface area contributed by atoms with Crippen LogP contribution < -0.4 is 4.31 Å². The summed E-state index contributed by atoms with van der Waals surface area (Å²) in [5.74, 6) is -3.32. The second-order valence-corrected chi connectivity index (χ2v) is 13.4. The first-order valence-electron chi connectivity index (χ1n) is 11.8. The van der Waals surface area contributed by atoms with Gasteiger partial charge in [0.05, 0.1) is 29.3 Å². The monoisotopic (exact) mass is 625 g/mol. The molecule has 0 saturated carbocycles. The molecule has 0 aliphatic carbocycles. The number of hydrogen-bond donors (Lipinski definition) is 0. The first-order chi connectivity index (χ1) is 18.7. The van der Waals surface area contributed by atoms with Crippen molar-refractivity contribution in [1.29, 1.82) is 0 Å². The third-order valence-corrected chi connectivity index (χ3v) is 9.54. The van der Waals surface area contributed by atoms with Gasteiger partial charge >= 0.3 is 6.43 Å². The van der Waals surface area contributed by atoms with Crippen molar-refractivity contribution >= 4 is 37.3 Å². The van der Waals surface area contributed by atoms with Crippen LogP contribution in [-0.2, 0) is 26.6 Å². The van der Waals surface area contributed by atoms with E-state index in [1.165, 1.54) is 22.5 Å². The Morgan fingerprint density at radius 3 is 2.27 bits per heavy atom. The van der Waals surface area contributed by atoms with Crippen molar-refractivity contribution in [2.75, 3.05) is 49.0 Å². The minimum absolute atomic E-state index is 0.00440. The molecule has 17 heteroatoms. The van der Waals surface area contributed by atoms with Crippen LogP contribution in [0.3, 0.4) is 0 Å². The molecule has 1 aliphatic heterocycles. The number of anilines is 1. The van der Waals surface area contributed by atoms with Gasteiger partial charge in [0.2, 0.25) is 25.9 Å². The maximum Gasteiger partial charge on any atom is 0.314 e. The molecule has 0 N–H and O–H groups in total. The van der Waals surface area contributed by atoms with Crippen molar-refractivity contribution in [2.24, 2.45) is 0 Å². The van der Waals surface area contributed by atoms with Crippen LogP contribution in [0.1, 0.15) is 17.9 Å². The van der Waals surface area contributed by atoms with E-state index in [0.29, 0.717) is 13.1 Å². The van der Waals surface area contributed by atoms with E-state index in [9.17, 15) is 30.0 Å².